The van der Waals surface area contributed by atoms with Gasteiger partial charge in [0, 0.05) is 23.7 Å². The number of unbranched alkanes of at least 4 members (excludes halogenated alkanes) is 1. The summed E-state index contributed by atoms with van der Waals surface area (Å²) in [5.41, 5.74) is 1.97. The number of rotatable bonds is 7. The van der Waals surface area contributed by atoms with Gasteiger partial charge in [0.1, 0.15) is 5.82 Å². The lowest BCUT2D eigenvalue weighted by Gasteiger charge is -2.18. The zero-order valence-corrected chi connectivity index (χ0v) is 12.3. The van der Waals surface area contributed by atoms with Crippen LogP contribution in [0.15, 0.2) is 34.4 Å². The molecule has 0 spiro atoms. The highest BCUT2D eigenvalue weighted by molar-refractivity contribution is 7.07. The SMILES string of the molecule is CCCCC(NCc1csc(=O)[nH]1)c1ccc(F)cc1. The Hall–Kier alpha value is -1.46. The third kappa shape index (κ3) is 4.28. The van der Waals surface area contributed by atoms with Gasteiger partial charge in [-0.25, -0.2) is 4.39 Å². The summed E-state index contributed by atoms with van der Waals surface area (Å²) in [6, 6.07) is 6.79. The third-order valence-corrected chi connectivity index (χ3v) is 3.95. The summed E-state index contributed by atoms with van der Waals surface area (Å²) in [5, 5.41) is 5.26. The molecule has 0 amide bonds. The number of aromatic amines is 1. The molecule has 1 heterocycles. The van der Waals surface area contributed by atoms with E-state index in [1.807, 2.05) is 17.5 Å². The van der Waals surface area contributed by atoms with Crippen LogP contribution in [0.5, 0.6) is 0 Å². The van der Waals surface area contributed by atoms with Gasteiger partial charge in [0.25, 0.3) is 0 Å². The van der Waals surface area contributed by atoms with Crippen molar-refractivity contribution in [3.05, 3.63) is 56.4 Å². The molecule has 0 saturated heterocycles. The van der Waals surface area contributed by atoms with E-state index in [9.17, 15) is 9.18 Å². The molecule has 2 N–H and O–H groups in total. The Labute approximate surface area is 121 Å². The van der Waals surface area contributed by atoms with Gasteiger partial charge in [-0.15, -0.1) is 0 Å². The monoisotopic (exact) mass is 294 g/mol. The number of hydrogen-bond donors (Lipinski definition) is 2. The maximum atomic E-state index is 13.0. The fourth-order valence-corrected chi connectivity index (χ4v) is 2.71. The summed E-state index contributed by atoms with van der Waals surface area (Å²) in [7, 11) is 0. The minimum atomic E-state index is -0.217. The summed E-state index contributed by atoms with van der Waals surface area (Å²) >= 11 is 1.17. The van der Waals surface area contributed by atoms with E-state index in [0.717, 1.165) is 30.5 Å². The molecule has 0 bridgehead atoms. The molecule has 0 saturated carbocycles. The molecular formula is C15H19FN2OS. The van der Waals surface area contributed by atoms with Crippen molar-refractivity contribution in [3.63, 3.8) is 0 Å². The van der Waals surface area contributed by atoms with E-state index < -0.39 is 0 Å². The normalized spacial score (nSPS) is 12.5. The smallest absolute Gasteiger partial charge is 0.304 e. The number of thiazole rings is 1. The molecule has 3 nitrogen and oxygen atoms in total. The van der Waals surface area contributed by atoms with E-state index in [0.29, 0.717) is 6.54 Å². The Morgan fingerprint density at radius 3 is 2.70 bits per heavy atom. The fourth-order valence-electron chi connectivity index (χ4n) is 2.12. The molecule has 108 valence electrons. The molecule has 0 fully saturated rings. The zero-order chi connectivity index (χ0) is 14.4. The van der Waals surface area contributed by atoms with Crippen LogP contribution in [0.2, 0.25) is 0 Å². The lowest BCUT2D eigenvalue weighted by Crippen LogP contribution is -2.21. The minimum Gasteiger partial charge on any atom is -0.315 e. The van der Waals surface area contributed by atoms with E-state index in [1.54, 1.807) is 0 Å². The number of H-pyrrole nitrogens is 1. The quantitative estimate of drug-likeness (QED) is 0.819. The highest BCUT2D eigenvalue weighted by Crippen LogP contribution is 2.20. The van der Waals surface area contributed by atoms with Crippen molar-refractivity contribution in [2.75, 3.05) is 0 Å². The van der Waals surface area contributed by atoms with Crippen LogP contribution in [-0.2, 0) is 6.54 Å². The highest BCUT2D eigenvalue weighted by Gasteiger charge is 2.11. The Balaban J connectivity index is 2.02. The van der Waals surface area contributed by atoms with E-state index in [1.165, 1.54) is 23.5 Å². The topological polar surface area (TPSA) is 44.9 Å². The van der Waals surface area contributed by atoms with Gasteiger partial charge in [-0.2, -0.15) is 0 Å². The number of hydrogen-bond acceptors (Lipinski definition) is 3. The van der Waals surface area contributed by atoms with Gasteiger partial charge >= 0.3 is 4.87 Å². The maximum absolute atomic E-state index is 13.0. The summed E-state index contributed by atoms with van der Waals surface area (Å²) in [4.78, 5) is 13.9. The average Bonchev–Trinajstić information content (AvgIpc) is 2.86. The minimum absolute atomic E-state index is 0.0336. The molecule has 0 aliphatic carbocycles. The number of benzene rings is 1. The van der Waals surface area contributed by atoms with Crippen molar-refractivity contribution in [1.29, 1.82) is 0 Å². The first-order chi connectivity index (χ1) is 9.69. The molecule has 2 rings (SSSR count). The first-order valence-electron chi connectivity index (χ1n) is 6.84. The Bertz CT molecular complexity index is 576. The largest absolute Gasteiger partial charge is 0.315 e. The number of nitrogens with one attached hydrogen (secondary N) is 2. The Morgan fingerprint density at radius 1 is 1.35 bits per heavy atom. The molecule has 0 aliphatic heterocycles. The Kier molecular flexibility index (Phi) is 5.49. The van der Waals surface area contributed by atoms with Crippen LogP contribution in [0.3, 0.4) is 0 Å². The summed E-state index contributed by atoms with van der Waals surface area (Å²) in [6.07, 6.45) is 3.22. The van der Waals surface area contributed by atoms with Crippen LogP contribution >= 0.6 is 11.3 Å². The second-order valence-electron chi connectivity index (χ2n) is 4.80. The first-order valence-corrected chi connectivity index (χ1v) is 7.72. The molecule has 1 aromatic heterocycles. The molecule has 1 aromatic carbocycles. The van der Waals surface area contributed by atoms with Crippen molar-refractivity contribution >= 4 is 11.3 Å². The van der Waals surface area contributed by atoms with Crippen LogP contribution in [0.25, 0.3) is 0 Å². The number of halogens is 1. The lowest BCUT2D eigenvalue weighted by molar-refractivity contribution is 0.477. The van der Waals surface area contributed by atoms with Crippen LogP contribution in [0.4, 0.5) is 4.39 Å². The molecule has 1 atom stereocenters. The second-order valence-corrected chi connectivity index (χ2v) is 5.64. The first kappa shape index (κ1) is 14.9. The van der Waals surface area contributed by atoms with Gasteiger partial charge in [-0.1, -0.05) is 43.2 Å². The van der Waals surface area contributed by atoms with Gasteiger partial charge in [-0.05, 0) is 24.1 Å². The van der Waals surface area contributed by atoms with Crippen molar-refractivity contribution in [2.45, 2.75) is 38.8 Å². The van der Waals surface area contributed by atoms with Crippen LogP contribution in [0.1, 0.15) is 43.5 Å². The third-order valence-electron chi connectivity index (χ3n) is 3.23. The Morgan fingerprint density at radius 2 is 2.10 bits per heavy atom. The molecule has 0 aliphatic rings. The molecule has 0 radical (unpaired) electrons. The zero-order valence-electron chi connectivity index (χ0n) is 11.5. The molecule has 2 aromatic rings. The van der Waals surface area contributed by atoms with Gasteiger partial charge < -0.3 is 10.3 Å². The highest BCUT2D eigenvalue weighted by atomic mass is 32.1. The van der Waals surface area contributed by atoms with E-state index >= 15 is 0 Å². The summed E-state index contributed by atoms with van der Waals surface area (Å²) < 4.78 is 13.0. The van der Waals surface area contributed by atoms with Crippen molar-refractivity contribution in [2.24, 2.45) is 0 Å². The second kappa shape index (κ2) is 7.36. The number of aromatic nitrogens is 1. The summed E-state index contributed by atoms with van der Waals surface area (Å²) in [5.74, 6) is -0.217. The van der Waals surface area contributed by atoms with Crippen LogP contribution < -0.4 is 10.2 Å². The predicted octanol–water partition coefficient (Wildman–Crippen LogP) is 3.60. The molecular weight excluding hydrogens is 275 g/mol. The van der Waals surface area contributed by atoms with Gasteiger partial charge in [-0.3, -0.25) is 4.79 Å². The van der Waals surface area contributed by atoms with Crippen LogP contribution in [0, 0.1) is 5.82 Å². The van der Waals surface area contributed by atoms with E-state index in [4.69, 9.17) is 0 Å². The standard InChI is InChI=1S/C15H19FN2OS/c1-2-3-4-14(11-5-7-12(16)8-6-11)17-9-13-10-20-15(19)18-13/h5-8,10,14,17H,2-4,9H2,1H3,(H,18,19). The van der Waals surface area contributed by atoms with Crippen molar-refractivity contribution in [3.8, 4) is 0 Å². The van der Waals surface area contributed by atoms with Gasteiger partial charge in [0.15, 0.2) is 0 Å². The predicted molar refractivity (Wildman–Crippen MR) is 80.4 cm³/mol. The average molecular weight is 294 g/mol. The lowest BCUT2D eigenvalue weighted by atomic mass is 10.0. The van der Waals surface area contributed by atoms with Crippen molar-refractivity contribution in [1.82, 2.24) is 10.3 Å². The molecule has 20 heavy (non-hydrogen) atoms. The van der Waals surface area contributed by atoms with Gasteiger partial charge in [0.2, 0.25) is 0 Å². The van der Waals surface area contributed by atoms with E-state index in [-0.39, 0.29) is 16.7 Å². The van der Waals surface area contributed by atoms with Gasteiger partial charge in [0.05, 0.1) is 0 Å². The summed E-state index contributed by atoms with van der Waals surface area (Å²) in [6.45, 7) is 2.77. The van der Waals surface area contributed by atoms with Crippen LogP contribution in [-0.4, -0.2) is 4.98 Å². The molecule has 5 heteroatoms. The van der Waals surface area contributed by atoms with E-state index in [2.05, 4.69) is 17.2 Å². The fraction of sp³-hybridized carbons (Fsp3) is 0.400. The maximum Gasteiger partial charge on any atom is 0.304 e. The van der Waals surface area contributed by atoms with Crippen molar-refractivity contribution < 1.29 is 4.39 Å². The molecule has 1 unspecified atom stereocenters.